The zero-order valence-corrected chi connectivity index (χ0v) is 8.10. The van der Waals surface area contributed by atoms with E-state index < -0.39 is 0 Å². The molecular weight excluding hydrogens is 168 g/mol. The van der Waals surface area contributed by atoms with Crippen LogP contribution in [0.15, 0.2) is 10.9 Å². The summed E-state index contributed by atoms with van der Waals surface area (Å²) in [7, 11) is 0. The van der Waals surface area contributed by atoms with Crippen LogP contribution in [0.25, 0.3) is 0 Å². The molecule has 66 valence electrons. The lowest BCUT2D eigenvalue weighted by molar-refractivity contribution is 0.311. The number of thiazole rings is 1. The Labute approximate surface area is 77.0 Å². The standard InChI is InChI=1S/C9H14N2S/c1-7(9-5-12-6-10-9)11-8-3-2-4-8/h5-8,11H,2-4H2,1H3. The van der Waals surface area contributed by atoms with Crippen molar-refractivity contribution in [3.8, 4) is 0 Å². The van der Waals surface area contributed by atoms with Gasteiger partial charge >= 0.3 is 0 Å². The van der Waals surface area contributed by atoms with Gasteiger partial charge in [-0.3, -0.25) is 0 Å². The van der Waals surface area contributed by atoms with Crippen LogP contribution in [-0.2, 0) is 0 Å². The fourth-order valence-corrected chi connectivity index (χ4v) is 2.10. The number of hydrogen-bond donors (Lipinski definition) is 1. The molecule has 12 heavy (non-hydrogen) atoms. The van der Waals surface area contributed by atoms with Crippen molar-refractivity contribution in [2.75, 3.05) is 0 Å². The number of nitrogens with zero attached hydrogens (tertiary/aromatic N) is 1. The molecule has 1 atom stereocenters. The summed E-state index contributed by atoms with van der Waals surface area (Å²) in [6.07, 6.45) is 4.07. The summed E-state index contributed by atoms with van der Waals surface area (Å²) in [4.78, 5) is 4.28. The van der Waals surface area contributed by atoms with Crippen LogP contribution >= 0.6 is 11.3 Å². The van der Waals surface area contributed by atoms with Crippen molar-refractivity contribution in [2.45, 2.75) is 38.3 Å². The SMILES string of the molecule is CC(NC1CCC1)c1cscn1. The van der Waals surface area contributed by atoms with E-state index in [0.717, 1.165) is 6.04 Å². The van der Waals surface area contributed by atoms with Gasteiger partial charge in [-0.05, 0) is 19.8 Å². The molecule has 1 heterocycles. The lowest BCUT2D eigenvalue weighted by Gasteiger charge is -2.29. The van der Waals surface area contributed by atoms with Crippen molar-refractivity contribution in [2.24, 2.45) is 0 Å². The number of rotatable bonds is 3. The highest BCUT2D eigenvalue weighted by Gasteiger charge is 2.19. The van der Waals surface area contributed by atoms with Crippen molar-refractivity contribution in [1.82, 2.24) is 10.3 Å². The Hall–Kier alpha value is -0.410. The van der Waals surface area contributed by atoms with Gasteiger partial charge in [-0.2, -0.15) is 0 Å². The molecule has 0 saturated heterocycles. The molecule has 0 bridgehead atoms. The first-order valence-corrected chi connectivity index (χ1v) is 5.44. The molecule has 1 fully saturated rings. The van der Waals surface area contributed by atoms with Gasteiger partial charge in [-0.15, -0.1) is 11.3 Å². The molecule has 1 unspecified atom stereocenters. The molecule has 1 aromatic heterocycles. The molecule has 1 aliphatic carbocycles. The molecular formula is C9H14N2S. The van der Waals surface area contributed by atoms with Gasteiger partial charge in [0.15, 0.2) is 0 Å². The van der Waals surface area contributed by atoms with E-state index >= 15 is 0 Å². The molecule has 2 rings (SSSR count). The summed E-state index contributed by atoms with van der Waals surface area (Å²) in [5, 5.41) is 5.68. The quantitative estimate of drug-likeness (QED) is 0.776. The largest absolute Gasteiger partial charge is 0.306 e. The van der Waals surface area contributed by atoms with Crippen LogP contribution in [-0.4, -0.2) is 11.0 Å². The highest BCUT2D eigenvalue weighted by molar-refractivity contribution is 7.07. The average molecular weight is 182 g/mol. The maximum atomic E-state index is 4.28. The minimum atomic E-state index is 0.432. The molecule has 0 spiro atoms. The second kappa shape index (κ2) is 3.54. The second-order valence-electron chi connectivity index (χ2n) is 3.43. The molecule has 0 aromatic carbocycles. The monoisotopic (exact) mass is 182 g/mol. The minimum absolute atomic E-state index is 0.432. The third-order valence-electron chi connectivity index (χ3n) is 2.49. The van der Waals surface area contributed by atoms with E-state index in [1.54, 1.807) is 11.3 Å². The van der Waals surface area contributed by atoms with Crippen molar-refractivity contribution < 1.29 is 0 Å². The van der Waals surface area contributed by atoms with Crippen LogP contribution < -0.4 is 5.32 Å². The summed E-state index contributed by atoms with van der Waals surface area (Å²) in [6.45, 7) is 2.19. The number of hydrogen-bond acceptors (Lipinski definition) is 3. The Bertz CT molecular complexity index is 229. The van der Waals surface area contributed by atoms with Crippen molar-refractivity contribution in [1.29, 1.82) is 0 Å². The molecule has 1 N–H and O–H groups in total. The van der Waals surface area contributed by atoms with E-state index in [2.05, 4.69) is 22.6 Å². The van der Waals surface area contributed by atoms with Crippen LogP contribution in [0.5, 0.6) is 0 Å². The second-order valence-corrected chi connectivity index (χ2v) is 4.15. The molecule has 1 aliphatic rings. The number of aromatic nitrogens is 1. The normalized spacial score (nSPS) is 20.4. The first-order valence-electron chi connectivity index (χ1n) is 4.50. The van der Waals surface area contributed by atoms with Gasteiger partial charge in [-0.1, -0.05) is 6.42 Å². The molecule has 1 saturated carbocycles. The van der Waals surface area contributed by atoms with Gasteiger partial charge in [0.25, 0.3) is 0 Å². The minimum Gasteiger partial charge on any atom is -0.306 e. The third-order valence-corrected chi connectivity index (χ3v) is 3.09. The van der Waals surface area contributed by atoms with E-state index in [0.29, 0.717) is 6.04 Å². The summed E-state index contributed by atoms with van der Waals surface area (Å²) in [5.74, 6) is 0. The zero-order valence-electron chi connectivity index (χ0n) is 7.29. The Kier molecular flexibility index (Phi) is 2.42. The molecule has 1 aromatic rings. The predicted molar refractivity (Wildman–Crippen MR) is 51.3 cm³/mol. The Morgan fingerprint density at radius 1 is 1.67 bits per heavy atom. The Morgan fingerprint density at radius 2 is 2.50 bits per heavy atom. The van der Waals surface area contributed by atoms with Gasteiger partial charge in [0.05, 0.1) is 11.2 Å². The Morgan fingerprint density at radius 3 is 3.00 bits per heavy atom. The summed E-state index contributed by atoms with van der Waals surface area (Å²) < 4.78 is 0. The fraction of sp³-hybridized carbons (Fsp3) is 0.667. The van der Waals surface area contributed by atoms with E-state index in [-0.39, 0.29) is 0 Å². The smallest absolute Gasteiger partial charge is 0.0795 e. The van der Waals surface area contributed by atoms with Crippen molar-refractivity contribution >= 4 is 11.3 Å². The third kappa shape index (κ3) is 1.67. The first-order chi connectivity index (χ1) is 5.86. The zero-order chi connectivity index (χ0) is 8.39. The van der Waals surface area contributed by atoms with Crippen LogP contribution in [0, 0.1) is 0 Å². The van der Waals surface area contributed by atoms with Crippen LogP contribution in [0.4, 0.5) is 0 Å². The van der Waals surface area contributed by atoms with E-state index in [1.807, 2.05) is 5.51 Å². The van der Waals surface area contributed by atoms with Gasteiger partial charge in [0.1, 0.15) is 0 Å². The highest BCUT2D eigenvalue weighted by Crippen LogP contribution is 2.22. The summed E-state index contributed by atoms with van der Waals surface area (Å²) in [5.41, 5.74) is 3.08. The average Bonchev–Trinajstić information content (AvgIpc) is 2.47. The fourth-order valence-electron chi connectivity index (χ4n) is 1.45. The maximum absolute atomic E-state index is 4.28. The number of nitrogens with one attached hydrogen (secondary N) is 1. The van der Waals surface area contributed by atoms with E-state index in [9.17, 15) is 0 Å². The van der Waals surface area contributed by atoms with Crippen LogP contribution in [0.2, 0.25) is 0 Å². The van der Waals surface area contributed by atoms with Gasteiger partial charge in [0, 0.05) is 17.5 Å². The Balaban J connectivity index is 1.87. The maximum Gasteiger partial charge on any atom is 0.0795 e. The lowest BCUT2D eigenvalue weighted by atomic mass is 9.92. The van der Waals surface area contributed by atoms with Gasteiger partial charge in [-0.25, -0.2) is 4.98 Å². The molecule has 3 heteroatoms. The molecule has 0 amide bonds. The van der Waals surface area contributed by atoms with Crippen molar-refractivity contribution in [3.63, 3.8) is 0 Å². The lowest BCUT2D eigenvalue weighted by Crippen LogP contribution is -2.36. The molecule has 0 aliphatic heterocycles. The van der Waals surface area contributed by atoms with Gasteiger partial charge in [0.2, 0.25) is 0 Å². The first kappa shape index (κ1) is 8.20. The van der Waals surface area contributed by atoms with Crippen LogP contribution in [0.3, 0.4) is 0 Å². The van der Waals surface area contributed by atoms with Crippen molar-refractivity contribution in [3.05, 3.63) is 16.6 Å². The highest BCUT2D eigenvalue weighted by atomic mass is 32.1. The molecule has 0 radical (unpaired) electrons. The summed E-state index contributed by atoms with van der Waals surface area (Å²) in [6, 6.07) is 1.18. The predicted octanol–water partition coefficient (Wildman–Crippen LogP) is 2.35. The molecule has 2 nitrogen and oxygen atoms in total. The van der Waals surface area contributed by atoms with Crippen LogP contribution in [0.1, 0.15) is 37.9 Å². The van der Waals surface area contributed by atoms with E-state index in [4.69, 9.17) is 0 Å². The van der Waals surface area contributed by atoms with Gasteiger partial charge < -0.3 is 5.32 Å². The summed E-state index contributed by atoms with van der Waals surface area (Å²) >= 11 is 1.67. The van der Waals surface area contributed by atoms with E-state index in [1.165, 1.54) is 25.0 Å². The topological polar surface area (TPSA) is 24.9 Å².